The Bertz CT molecular complexity index is 399. The first-order valence-electron chi connectivity index (χ1n) is 6.85. The lowest BCUT2D eigenvalue weighted by molar-refractivity contribution is -0.148. The standard InChI is InChI=1S/C13H23N3O4/c1-3-13(2,11(18)19)8-15-10(17)9-5-4-6-16(7-9)12(14)20/h9H,3-8H2,1-2H3,(H2,14,20)(H,15,17)(H,18,19). The van der Waals surface area contributed by atoms with Crippen molar-refractivity contribution in [2.45, 2.75) is 33.1 Å². The smallest absolute Gasteiger partial charge is 0.314 e. The van der Waals surface area contributed by atoms with Gasteiger partial charge in [-0.2, -0.15) is 0 Å². The number of carboxylic acid groups (broad SMARTS) is 1. The summed E-state index contributed by atoms with van der Waals surface area (Å²) in [4.78, 5) is 35.8. The van der Waals surface area contributed by atoms with Crippen molar-refractivity contribution in [3.63, 3.8) is 0 Å². The Hall–Kier alpha value is -1.79. The SMILES string of the molecule is CCC(C)(CNC(=O)C1CCCN(C(N)=O)C1)C(=O)O. The van der Waals surface area contributed by atoms with Gasteiger partial charge in [-0.25, -0.2) is 4.79 Å². The van der Waals surface area contributed by atoms with Crippen LogP contribution >= 0.6 is 0 Å². The average molecular weight is 285 g/mol. The first-order valence-corrected chi connectivity index (χ1v) is 6.85. The molecule has 20 heavy (non-hydrogen) atoms. The minimum atomic E-state index is -0.965. The van der Waals surface area contributed by atoms with Gasteiger partial charge < -0.3 is 21.1 Å². The molecule has 7 nitrogen and oxygen atoms in total. The minimum absolute atomic E-state index is 0.0880. The van der Waals surface area contributed by atoms with Crippen LogP contribution in [0.2, 0.25) is 0 Å². The molecule has 1 heterocycles. The number of carbonyl (C=O) groups excluding carboxylic acids is 2. The maximum absolute atomic E-state index is 12.1. The van der Waals surface area contributed by atoms with E-state index in [1.165, 1.54) is 4.90 Å². The molecule has 7 heteroatoms. The van der Waals surface area contributed by atoms with Crippen LogP contribution < -0.4 is 11.1 Å². The molecule has 3 amide bonds. The zero-order valence-electron chi connectivity index (χ0n) is 12.0. The van der Waals surface area contributed by atoms with E-state index in [1.54, 1.807) is 13.8 Å². The first kappa shape index (κ1) is 16.3. The summed E-state index contributed by atoms with van der Waals surface area (Å²) in [6, 6.07) is -0.522. The van der Waals surface area contributed by atoms with Crippen LogP contribution in [-0.2, 0) is 9.59 Å². The number of rotatable bonds is 5. The van der Waals surface area contributed by atoms with Crippen LogP contribution in [0.5, 0.6) is 0 Å². The number of piperidine rings is 1. The fraction of sp³-hybridized carbons (Fsp3) is 0.769. The van der Waals surface area contributed by atoms with Gasteiger partial charge in [-0.05, 0) is 26.2 Å². The van der Waals surface area contributed by atoms with E-state index >= 15 is 0 Å². The molecular weight excluding hydrogens is 262 g/mol. The Morgan fingerprint density at radius 1 is 1.45 bits per heavy atom. The number of nitrogens with one attached hydrogen (secondary N) is 1. The Balaban J connectivity index is 2.54. The molecule has 0 spiro atoms. The van der Waals surface area contributed by atoms with Gasteiger partial charge in [0, 0.05) is 19.6 Å². The van der Waals surface area contributed by atoms with Crippen molar-refractivity contribution >= 4 is 17.9 Å². The van der Waals surface area contributed by atoms with Crippen molar-refractivity contribution in [2.75, 3.05) is 19.6 Å². The summed E-state index contributed by atoms with van der Waals surface area (Å²) >= 11 is 0. The number of carbonyl (C=O) groups is 3. The minimum Gasteiger partial charge on any atom is -0.481 e. The number of nitrogens with zero attached hydrogens (tertiary/aromatic N) is 1. The Labute approximate surface area is 118 Å². The Morgan fingerprint density at radius 2 is 2.10 bits per heavy atom. The quantitative estimate of drug-likeness (QED) is 0.678. The summed E-state index contributed by atoms with van der Waals surface area (Å²) < 4.78 is 0. The van der Waals surface area contributed by atoms with Crippen LogP contribution in [0, 0.1) is 11.3 Å². The van der Waals surface area contributed by atoms with Gasteiger partial charge in [-0.3, -0.25) is 9.59 Å². The molecule has 0 aromatic rings. The van der Waals surface area contributed by atoms with Gasteiger partial charge >= 0.3 is 12.0 Å². The number of primary amides is 1. The van der Waals surface area contributed by atoms with Crippen LogP contribution in [0.15, 0.2) is 0 Å². The van der Waals surface area contributed by atoms with Crippen LogP contribution in [0.4, 0.5) is 4.79 Å². The van der Waals surface area contributed by atoms with Gasteiger partial charge in [-0.15, -0.1) is 0 Å². The number of hydrogen-bond donors (Lipinski definition) is 3. The van der Waals surface area contributed by atoms with Gasteiger partial charge in [0.1, 0.15) is 0 Å². The predicted molar refractivity (Wildman–Crippen MR) is 72.9 cm³/mol. The van der Waals surface area contributed by atoms with Gasteiger partial charge in [0.2, 0.25) is 5.91 Å². The summed E-state index contributed by atoms with van der Waals surface area (Å²) in [6.07, 6.45) is 1.84. The fourth-order valence-corrected chi connectivity index (χ4v) is 2.17. The number of amides is 3. The van der Waals surface area contributed by atoms with Gasteiger partial charge in [0.15, 0.2) is 0 Å². The molecule has 0 aliphatic carbocycles. The predicted octanol–water partition coefficient (Wildman–Crippen LogP) is 0.394. The molecule has 2 unspecified atom stereocenters. The van der Waals surface area contributed by atoms with E-state index in [2.05, 4.69) is 5.32 Å². The summed E-state index contributed by atoms with van der Waals surface area (Å²) in [5.74, 6) is -1.45. The number of aliphatic carboxylic acids is 1. The largest absolute Gasteiger partial charge is 0.481 e. The van der Waals surface area contributed by atoms with Crippen molar-refractivity contribution < 1.29 is 19.5 Å². The van der Waals surface area contributed by atoms with E-state index in [9.17, 15) is 14.4 Å². The number of carboxylic acids is 1. The van der Waals surface area contributed by atoms with E-state index in [0.717, 1.165) is 6.42 Å². The Morgan fingerprint density at radius 3 is 2.60 bits per heavy atom. The van der Waals surface area contributed by atoms with Crippen LogP contribution in [0.25, 0.3) is 0 Å². The normalized spacial score (nSPS) is 21.9. The summed E-state index contributed by atoms with van der Waals surface area (Å²) in [6.45, 7) is 4.34. The average Bonchev–Trinajstić information content (AvgIpc) is 2.44. The molecule has 0 saturated carbocycles. The molecule has 2 atom stereocenters. The lowest BCUT2D eigenvalue weighted by Gasteiger charge is -2.31. The second-order valence-electron chi connectivity index (χ2n) is 5.56. The molecule has 1 fully saturated rings. The van der Waals surface area contributed by atoms with E-state index in [4.69, 9.17) is 10.8 Å². The maximum Gasteiger partial charge on any atom is 0.314 e. The first-order chi connectivity index (χ1) is 9.30. The lowest BCUT2D eigenvalue weighted by atomic mass is 9.87. The Kier molecular flexibility index (Phi) is 5.35. The molecule has 1 saturated heterocycles. The van der Waals surface area contributed by atoms with E-state index in [1.807, 2.05) is 0 Å². The van der Waals surface area contributed by atoms with E-state index < -0.39 is 17.4 Å². The third-order valence-electron chi connectivity index (χ3n) is 4.05. The molecule has 4 N–H and O–H groups in total. The molecule has 1 rings (SSSR count). The second kappa shape index (κ2) is 6.58. The number of urea groups is 1. The number of nitrogens with two attached hydrogens (primary N) is 1. The topological polar surface area (TPSA) is 113 Å². The molecule has 1 aliphatic heterocycles. The van der Waals surface area contributed by atoms with Gasteiger partial charge in [0.25, 0.3) is 0 Å². The van der Waals surface area contributed by atoms with Crippen molar-refractivity contribution in [1.82, 2.24) is 10.2 Å². The molecule has 0 bridgehead atoms. The molecule has 0 aromatic heterocycles. The van der Waals surface area contributed by atoms with Crippen LogP contribution in [-0.4, -0.2) is 47.5 Å². The highest BCUT2D eigenvalue weighted by Crippen LogP contribution is 2.21. The molecule has 0 radical (unpaired) electrons. The highest BCUT2D eigenvalue weighted by molar-refractivity contribution is 5.81. The highest BCUT2D eigenvalue weighted by atomic mass is 16.4. The lowest BCUT2D eigenvalue weighted by Crippen LogP contribution is -2.49. The summed E-state index contributed by atoms with van der Waals surface area (Å²) in [7, 11) is 0. The third kappa shape index (κ3) is 3.85. The summed E-state index contributed by atoms with van der Waals surface area (Å²) in [5.41, 5.74) is 4.25. The van der Waals surface area contributed by atoms with Crippen molar-refractivity contribution in [3.05, 3.63) is 0 Å². The molecule has 0 aromatic carbocycles. The van der Waals surface area contributed by atoms with Crippen molar-refractivity contribution in [1.29, 1.82) is 0 Å². The zero-order chi connectivity index (χ0) is 15.3. The van der Waals surface area contributed by atoms with E-state index in [-0.39, 0.29) is 18.4 Å². The van der Waals surface area contributed by atoms with E-state index in [0.29, 0.717) is 25.9 Å². The van der Waals surface area contributed by atoms with Crippen LogP contribution in [0.3, 0.4) is 0 Å². The van der Waals surface area contributed by atoms with Gasteiger partial charge in [0.05, 0.1) is 11.3 Å². The third-order valence-corrected chi connectivity index (χ3v) is 4.05. The maximum atomic E-state index is 12.1. The second-order valence-corrected chi connectivity index (χ2v) is 5.56. The van der Waals surface area contributed by atoms with Gasteiger partial charge in [-0.1, -0.05) is 6.92 Å². The number of likely N-dealkylation sites (tertiary alicyclic amines) is 1. The monoisotopic (exact) mass is 285 g/mol. The highest BCUT2D eigenvalue weighted by Gasteiger charge is 2.33. The molecule has 1 aliphatic rings. The zero-order valence-corrected chi connectivity index (χ0v) is 12.0. The van der Waals surface area contributed by atoms with Crippen molar-refractivity contribution in [2.24, 2.45) is 17.1 Å². The summed E-state index contributed by atoms with van der Waals surface area (Å²) in [5, 5.41) is 11.8. The fourth-order valence-electron chi connectivity index (χ4n) is 2.17. The molecule has 114 valence electrons. The van der Waals surface area contributed by atoms with Crippen molar-refractivity contribution in [3.8, 4) is 0 Å². The molecular formula is C13H23N3O4. The van der Waals surface area contributed by atoms with Crippen LogP contribution in [0.1, 0.15) is 33.1 Å². The number of hydrogen-bond acceptors (Lipinski definition) is 3.